The third kappa shape index (κ3) is 3.86. The molecule has 0 saturated heterocycles. The van der Waals surface area contributed by atoms with Crippen LogP contribution in [0, 0.1) is 0 Å². The molecule has 0 aliphatic rings. The van der Waals surface area contributed by atoms with E-state index in [4.69, 9.17) is 4.74 Å². The molecule has 0 saturated carbocycles. The molecule has 0 aliphatic heterocycles. The summed E-state index contributed by atoms with van der Waals surface area (Å²) in [5.41, 5.74) is 1.85. The van der Waals surface area contributed by atoms with Gasteiger partial charge in [0.05, 0.1) is 18.8 Å². The lowest BCUT2D eigenvalue weighted by molar-refractivity contribution is -0.117. The second-order valence-electron chi connectivity index (χ2n) is 6.37. The van der Waals surface area contributed by atoms with Crippen molar-refractivity contribution in [2.75, 3.05) is 12.4 Å². The van der Waals surface area contributed by atoms with Crippen molar-refractivity contribution in [2.24, 2.45) is 0 Å². The fourth-order valence-corrected chi connectivity index (χ4v) is 3.16. The summed E-state index contributed by atoms with van der Waals surface area (Å²) in [6, 6.07) is 21.6. The maximum absolute atomic E-state index is 12.6. The molecule has 0 bridgehead atoms. The van der Waals surface area contributed by atoms with Gasteiger partial charge in [-0.3, -0.25) is 10.1 Å². The topological polar surface area (TPSA) is 50.4 Å². The molecule has 3 aromatic carbocycles. The van der Waals surface area contributed by atoms with Crippen LogP contribution in [0.3, 0.4) is 0 Å². The predicted molar refractivity (Wildman–Crippen MR) is 107 cm³/mol. The molecule has 0 radical (unpaired) electrons. The molecule has 1 amide bonds. The fraction of sp³-hybridized carbons (Fsp3) is 0.227. The highest BCUT2D eigenvalue weighted by Crippen LogP contribution is 2.25. The quantitative estimate of drug-likeness (QED) is 0.688. The molecular formula is C22H24N2O2. The smallest absolute Gasteiger partial charge is 0.241 e. The summed E-state index contributed by atoms with van der Waals surface area (Å²) in [4.78, 5) is 12.6. The van der Waals surface area contributed by atoms with Crippen LogP contribution in [0.1, 0.15) is 25.5 Å². The third-order valence-electron chi connectivity index (χ3n) is 4.55. The lowest BCUT2D eigenvalue weighted by atomic mass is 9.99. The molecule has 26 heavy (non-hydrogen) atoms. The Morgan fingerprint density at radius 3 is 2.42 bits per heavy atom. The number of carbonyl (C=O) groups excluding carboxylic acids is 1. The summed E-state index contributed by atoms with van der Waals surface area (Å²) >= 11 is 0. The number of amides is 1. The summed E-state index contributed by atoms with van der Waals surface area (Å²) < 4.78 is 5.29. The number of methoxy groups -OCH3 is 1. The molecule has 4 nitrogen and oxygen atoms in total. The first-order valence-electron chi connectivity index (χ1n) is 8.77. The molecule has 0 fully saturated rings. The maximum atomic E-state index is 12.6. The van der Waals surface area contributed by atoms with Crippen LogP contribution in [0.2, 0.25) is 0 Å². The SMILES string of the molecule is COc1ccccc1NC(=O)[C@@H](C)N[C@H](C)c1cccc2ccccc12. The minimum atomic E-state index is -0.353. The lowest BCUT2D eigenvalue weighted by Crippen LogP contribution is -2.39. The van der Waals surface area contributed by atoms with Crippen LogP contribution in [0.5, 0.6) is 5.75 Å². The Bertz CT molecular complexity index is 902. The van der Waals surface area contributed by atoms with Gasteiger partial charge in [0.1, 0.15) is 5.75 Å². The molecule has 4 heteroatoms. The number of carbonyl (C=O) groups is 1. The standard InChI is InChI=1S/C22H24N2O2/c1-15(18-12-8-10-17-9-4-5-11-19(17)18)23-16(2)22(25)24-20-13-6-7-14-21(20)26-3/h4-16,23H,1-3H3,(H,24,25)/t15-,16-/m1/s1. The van der Waals surface area contributed by atoms with Crippen molar-refractivity contribution in [3.05, 3.63) is 72.3 Å². The minimum Gasteiger partial charge on any atom is -0.495 e. The number of nitrogens with one attached hydrogen (secondary N) is 2. The highest BCUT2D eigenvalue weighted by molar-refractivity contribution is 5.96. The van der Waals surface area contributed by atoms with Gasteiger partial charge in [0.15, 0.2) is 0 Å². The summed E-state index contributed by atoms with van der Waals surface area (Å²) in [5, 5.41) is 8.72. The van der Waals surface area contributed by atoms with Gasteiger partial charge in [-0.1, -0.05) is 54.6 Å². The van der Waals surface area contributed by atoms with Crippen LogP contribution in [0.25, 0.3) is 10.8 Å². The van der Waals surface area contributed by atoms with Crippen molar-refractivity contribution < 1.29 is 9.53 Å². The van der Waals surface area contributed by atoms with Crippen molar-refractivity contribution in [3.63, 3.8) is 0 Å². The Hall–Kier alpha value is -2.85. The van der Waals surface area contributed by atoms with Crippen LogP contribution in [-0.4, -0.2) is 19.1 Å². The predicted octanol–water partition coefficient (Wildman–Crippen LogP) is 4.53. The molecule has 134 valence electrons. The average Bonchev–Trinajstić information content (AvgIpc) is 2.67. The Kier molecular flexibility index (Phi) is 5.54. The number of ether oxygens (including phenoxy) is 1. The van der Waals surface area contributed by atoms with Gasteiger partial charge in [-0.25, -0.2) is 0 Å². The summed E-state index contributed by atoms with van der Waals surface area (Å²) in [5.74, 6) is 0.553. The minimum absolute atomic E-state index is 0.0412. The van der Waals surface area contributed by atoms with Crippen molar-refractivity contribution in [3.8, 4) is 5.75 Å². The van der Waals surface area contributed by atoms with Gasteiger partial charge in [-0.05, 0) is 42.3 Å². The number of hydrogen-bond acceptors (Lipinski definition) is 3. The van der Waals surface area contributed by atoms with E-state index in [0.717, 1.165) is 0 Å². The molecular weight excluding hydrogens is 324 g/mol. The molecule has 0 unspecified atom stereocenters. The van der Waals surface area contributed by atoms with Crippen LogP contribution in [0.15, 0.2) is 66.7 Å². The van der Waals surface area contributed by atoms with Crippen LogP contribution in [-0.2, 0) is 4.79 Å². The van der Waals surface area contributed by atoms with Crippen LogP contribution in [0.4, 0.5) is 5.69 Å². The number of para-hydroxylation sites is 2. The Morgan fingerprint density at radius 1 is 0.923 bits per heavy atom. The van der Waals surface area contributed by atoms with Gasteiger partial charge in [0, 0.05) is 6.04 Å². The summed E-state index contributed by atoms with van der Waals surface area (Å²) in [6.07, 6.45) is 0. The molecule has 0 spiro atoms. The van der Waals surface area contributed by atoms with Gasteiger partial charge in [0.25, 0.3) is 0 Å². The van der Waals surface area contributed by atoms with Gasteiger partial charge in [0.2, 0.25) is 5.91 Å². The first-order chi connectivity index (χ1) is 12.6. The first kappa shape index (κ1) is 18.0. The van der Waals surface area contributed by atoms with Crippen molar-refractivity contribution in [1.82, 2.24) is 5.32 Å². The van der Waals surface area contributed by atoms with E-state index in [1.807, 2.05) is 43.3 Å². The second kappa shape index (κ2) is 8.02. The van der Waals surface area contributed by atoms with Gasteiger partial charge in [-0.15, -0.1) is 0 Å². The third-order valence-corrected chi connectivity index (χ3v) is 4.55. The van der Waals surface area contributed by atoms with Crippen molar-refractivity contribution >= 4 is 22.4 Å². The zero-order chi connectivity index (χ0) is 18.5. The maximum Gasteiger partial charge on any atom is 0.241 e. The zero-order valence-corrected chi connectivity index (χ0v) is 15.3. The van der Waals surface area contributed by atoms with E-state index in [9.17, 15) is 4.79 Å². The molecule has 2 N–H and O–H groups in total. The monoisotopic (exact) mass is 348 g/mol. The number of hydrogen-bond donors (Lipinski definition) is 2. The van der Waals surface area contributed by atoms with Crippen molar-refractivity contribution in [1.29, 1.82) is 0 Å². The Labute approximate surface area is 154 Å². The molecule has 0 aliphatic carbocycles. The second-order valence-corrected chi connectivity index (χ2v) is 6.37. The van der Waals surface area contributed by atoms with Gasteiger partial charge in [-0.2, -0.15) is 0 Å². The fourth-order valence-electron chi connectivity index (χ4n) is 3.16. The van der Waals surface area contributed by atoms with E-state index >= 15 is 0 Å². The number of benzene rings is 3. The normalized spacial score (nSPS) is 13.2. The number of rotatable bonds is 6. The number of anilines is 1. The van der Waals surface area contributed by atoms with E-state index < -0.39 is 0 Å². The highest BCUT2D eigenvalue weighted by atomic mass is 16.5. The molecule has 2 atom stereocenters. The van der Waals surface area contributed by atoms with E-state index in [1.54, 1.807) is 7.11 Å². The first-order valence-corrected chi connectivity index (χ1v) is 8.77. The van der Waals surface area contributed by atoms with E-state index in [1.165, 1.54) is 16.3 Å². The van der Waals surface area contributed by atoms with E-state index in [0.29, 0.717) is 11.4 Å². The van der Waals surface area contributed by atoms with E-state index in [-0.39, 0.29) is 18.0 Å². The lowest BCUT2D eigenvalue weighted by Gasteiger charge is -2.21. The Balaban J connectivity index is 1.72. The van der Waals surface area contributed by atoms with Crippen molar-refractivity contribution in [2.45, 2.75) is 25.9 Å². The van der Waals surface area contributed by atoms with Gasteiger partial charge >= 0.3 is 0 Å². The molecule has 0 heterocycles. The van der Waals surface area contributed by atoms with Crippen LogP contribution >= 0.6 is 0 Å². The summed E-state index contributed by atoms with van der Waals surface area (Å²) in [7, 11) is 1.59. The van der Waals surface area contributed by atoms with E-state index in [2.05, 4.69) is 47.9 Å². The average molecular weight is 348 g/mol. The van der Waals surface area contributed by atoms with Gasteiger partial charge < -0.3 is 10.1 Å². The summed E-state index contributed by atoms with van der Waals surface area (Å²) in [6.45, 7) is 3.95. The molecule has 3 rings (SSSR count). The molecule has 0 aromatic heterocycles. The molecule has 3 aromatic rings. The van der Waals surface area contributed by atoms with Crippen LogP contribution < -0.4 is 15.4 Å². The zero-order valence-electron chi connectivity index (χ0n) is 15.3. The largest absolute Gasteiger partial charge is 0.495 e. The highest BCUT2D eigenvalue weighted by Gasteiger charge is 2.18. The Morgan fingerprint density at radius 2 is 1.62 bits per heavy atom. The number of fused-ring (bicyclic) bond motifs is 1.